The molecule has 5 nitrogen and oxygen atoms in total. The highest BCUT2D eigenvalue weighted by molar-refractivity contribution is 7.22. The van der Waals surface area contributed by atoms with E-state index in [2.05, 4.69) is 44.9 Å². The molecule has 0 aliphatic rings. The molecule has 30 heavy (non-hydrogen) atoms. The maximum Gasteiger partial charge on any atom is 0.280 e. The van der Waals surface area contributed by atoms with Gasteiger partial charge in [-0.15, -0.1) is 0 Å². The Morgan fingerprint density at radius 1 is 1.10 bits per heavy atom. The summed E-state index contributed by atoms with van der Waals surface area (Å²) < 4.78 is 2.98. The van der Waals surface area contributed by atoms with Gasteiger partial charge < -0.3 is 0 Å². The second-order valence-electron chi connectivity index (χ2n) is 8.01. The molecular weight excluding hydrogens is 392 g/mol. The van der Waals surface area contributed by atoms with E-state index in [1.54, 1.807) is 16.2 Å². The summed E-state index contributed by atoms with van der Waals surface area (Å²) in [6.07, 6.45) is 0. The average Bonchev–Trinajstić information content (AvgIpc) is 3.30. The number of aromatic nitrogens is 3. The van der Waals surface area contributed by atoms with Gasteiger partial charge in [0, 0.05) is 11.7 Å². The SMILES string of the molecule is Cc1cc(C)c2nc(N(Cc3ccccc3)C(=O)c3cc(C)n(C(C)C)n3)sc2c1. The molecule has 0 fully saturated rings. The zero-order valence-corrected chi connectivity index (χ0v) is 18.8. The molecule has 0 bridgehead atoms. The summed E-state index contributed by atoms with van der Waals surface area (Å²) >= 11 is 1.55. The molecule has 0 spiro atoms. The van der Waals surface area contributed by atoms with E-state index in [0.717, 1.165) is 27.0 Å². The van der Waals surface area contributed by atoms with Crippen LogP contribution in [-0.4, -0.2) is 20.7 Å². The van der Waals surface area contributed by atoms with E-state index in [4.69, 9.17) is 4.98 Å². The van der Waals surface area contributed by atoms with E-state index >= 15 is 0 Å². The van der Waals surface area contributed by atoms with Gasteiger partial charge in [-0.1, -0.05) is 47.7 Å². The van der Waals surface area contributed by atoms with Crippen LogP contribution in [0.3, 0.4) is 0 Å². The number of carbonyl (C=O) groups excluding carboxylic acids is 1. The monoisotopic (exact) mass is 418 g/mol. The lowest BCUT2D eigenvalue weighted by molar-refractivity contribution is 0.0979. The largest absolute Gasteiger partial charge is 0.280 e. The maximum atomic E-state index is 13.6. The van der Waals surface area contributed by atoms with Gasteiger partial charge in [0.05, 0.1) is 16.8 Å². The van der Waals surface area contributed by atoms with Crippen LogP contribution in [0.25, 0.3) is 10.2 Å². The van der Waals surface area contributed by atoms with Crippen molar-refractivity contribution in [3.63, 3.8) is 0 Å². The summed E-state index contributed by atoms with van der Waals surface area (Å²) in [5.41, 5.74) is 5.75. The van der Waals surface area contributed by atoms with Crippen LogP contribution >= 0.6 is 11.3 Å². The summed E-state index contributed by atoms with van der Waals surface area (Å²) in [5.74, 6) is -0.130. The van der Waals surface area contributed by atoms with Crippen molar-refractivity contribution in [1.82, 2.24) is 14.8 Å². The molecule has 2 heterocycles. The van der Waals surface area contributed by atoms with Crippen molar-refractivity contribution in [2.75, 3.05) is 4.90 Å². The van der Waals surface area contributed by atoms with Gasteiger partial charge in [-0.25, -0.2) is 4.98 Å². The third-order valence-corrected chi connectivity index (χ3v) is 6.13. The molecular formula is C24H26N4OS. The van der Waals surface area contributed by atoms with Crippen molar-refractivity contribution >= 4 is 32.6 Å². The quantitative estimate of drug-likeness (QED) is 0.409. The molecule has 6 heteroatoms. The summed E-state index contributed by atoms with van der Waals surface area (Å²) in [5, 5.41) is 5.28. The Morgan fingerprint density at radius 2 is 1.83 bits per heavy atom. The highest BCUT2D eigenvalue weighted by Gasteiger charge is 2.25. The number of anilines is 1. The number of carbonyl (C=O) groups is 1. The fourth-order valence-corrected chi connectivity index (χ4v) is 4.86. The second-order valence-corrected chi connectivity index (χ2v) is 9.02. The maximum absolute atomic E-state index is 13.6. The summed E-state index contributed by atoms with van der Waals surface area (Å²) in [6, 6.07) is 16.3. The minimum atomic E-state index is -0.130. The third-order valence-electron chi connectivity index (χ3n) is 5.11. The molecule has 0 unspecified atom stereocenters. The number of hydrogen-bond acceptors (Lipinski definition) is 4. The van der Waals surface area contributed by atoms with Crippen LogP contribution in [0.5, 0.6) is 0 Å². The van der Waals surface area contributed by atoms with Gasteiger partial charge >= 0.3 is 0 Å². The van der Waals surface area contributed by atoms with Crippen LogP contribution in [0.2, 0.25) is 0 Å². The molecule has 0 aliphatic heterocycles. The Morgan fingerprint density at radius 3 is 2.50 bits per heavy atom. The van der Waals surface area contributed by atoms with E-state index in [9.17, 15) is 4.79 Å². The molecule has 0 aliphatic carbocycles. The predicted octanol–water partition coefficient (Wildman–Crippen LogP) is 5.85. The topological polar surface area (TPSA) is 51.0 Å². The molecule has 0 radical (unpaired) electrons. The Hall–Kier alpha value is -2.99. The van der Waals surface area contributed by atoms with Gasteiger partial charge in [-0.2, -0.15) is 5.10 Å². The molecule has 0 saturated heterocycles. The molecule has 0 N–H and O–H groups in total. The number of amides is 1. The Kier molecular flexibility index (Phi) is 5.43. The fourth-order valence-electron chi connectivity index (χ4n) is 3.72. The minimum absolute atomic E-state index is 0.130. The minimum Gasteiger partial charge on any atom is -0.278 e. The van der Waals surface area contributed by atoms with Crippen LogP contribution in [0.1, 0.15) is 52.8 Å². The summed E-state index contributed by atoms with van der Waals surface area (Å²) in [4.78, 5) is 20.2. The van der Waals surface area contributed by atoms with Gasteiger partial charge in [-0.05, 0) is 63.4 Å². The lowest BCUT2D eigenvalue weighted by atomic mass is 10.1. The first kappa shape index (κ1) is 20.3. The number of hydrogen-bond donors (Lipinski definition) is 0. The van der Waals surface area contributed by atoms with Gasteiger partial charge in [-0.3, -0.25) is 14.4 Å². The third kappa shape index (κ3) is 3.87. The van der Waals surface area contributed by atoms with Gasteiger partial charge in [0.15, 0.2) is 10.8 Å². The van der Waals surface area contributed by atoms with Gasteiger partial charge in [0.25, 0.3) is 5.91 Å². The second kappa shape index (κ2) is 8.03. The van der Waals surface area contributed by atoms with Crippen molar-refractivity contribution in [2.45, 2.75) is 47.2 Å². The van der Waals surface area contributed by atoms with Crippen molar-refractivity contribution < 1.29 is 4.79 Å². The van der Waals surface area contributed by atoms with Gasteiger partial charge in [0.1, 0.15) is 0 Å². The van der Waals surface area contributed by atoms with E-state index < -0.39 is 0 Å². The Labute approximate surface area is 181 Å². The highest BCUT2D eigenvalue weighted by Crippen LogP contribution is 2.33. The van der Waals surface area contributed by atoms with Crippen molar-refractivity contribution in [3.8, 4) is 0 Å². The Balaban J connectivity index is 1.79. The number of benzene rings is 2. The van der Waals surface area contributed by atoms with E-state index in [1.807, 2.05) is 48.0 Å². The number of rotatable bonds is 5. The molecule has 2 aromatic heterocycles. The van der Waals surface area contributed by atoms with Crippen LogP contribution in [-0.2, 0) is 6.54 Å². The lowest BCUT2D eigenvalue weighted by Crippen LogP contribution is -2.30. The van der Waals surface area contributed by atoms with Crippen molar-refractivity contribution in [1.29, 1.82) is 0 Å². The van der Waals surface area contributed by atoms with Crippen LogP contribution in [0, 0.1) is 20.8 Å². The number of fused-ring (bicyclic) bond motifs is 1. The predicted molar refractivity (Wildman–Crippen MR) is 123 cm³/mol. The normalized spacial score (nSPS) is 11.4. The van der Waals surface area contributed by atoms with Crippen LogP contribution in [0.4, 0.5) is 5.13 Å². The summed E-state index contributed by atoms with van der Waals surface area (Å²) in [7, 11) is 0. The average molecular weight is 419 g/mol. The summed E-state index contributed by atoms with van der Waals surface area (Å²) in [6.45, 7) is 10.7. The molecule has 1 amide bonds. The van der Waals surface area contributed by atoms with Crippen LogP contribution < -0.4 is 4.90 Å². The van der Waals surface area contributed by atoms with E-state index in [0.29, 0.717) is 17.4 Å². The first-order valence-corrected chi connectivity index (χ1v) is 10.9. The standard InChI is InChI=1S/C24H26N4OS/c1-15(2)28-18(5)13-20(26-28)23(29)27(14-19-9-7-6-8-10-19)24-25-22-17(4)11-16(3)12-21(22)30-24/h6-13,15H,14H2,1-5H3. The number of nitrogens with zero attached hydrogens (tertiary/aromatic N) is 4. The molecule has 4 aromatic rings. The first-order chi connectivity index (χ1) is 14.3. The van der Waals surface area contributed by atoms with Gasteiger partial charge in [0.2, 0.25) is 0 Å². The van der Waals surface area contributed by atoms with E-state index in [-0.39, 0.29) is 11.9 Å². The fraction of sp³-hybridized carbons (Fsp3) is 0.292. The van der Waals surface area contributed by atoms with Crippen molar-refractivity contribution in [2.24, 2.45) is 0 Å². The molecule has 154 valence electrons. The zero-order chi connectivity index (χ0) is 21.4. The smallest absolute Gasteiger partial charge is 0.278 e. The number of thiazole rings is 1. The highest BCUT2D eigenvalue weighted by atomic mass is 32.1. The molecule has 0 saturated carbocycles. The zero-order valence-electron chi connectivity index (χ0n) is 18.0. The first-order valence-electron chi connectivity index (χ1n) is 10.1. The Bertz CT molecular complexity index is 1210. The van der Waals surface area contributed by atoms with Crippen LogP contribution in [0.15, 0.2) is 48.5 Å². The lowest BCUT2D eigenvalue weighted by Gasteiger charge is -2.19. The molecule has 2 aromatic carbocycles. The molecule has 4 rings (SSSR count). The van der Waals surface area contributed by atoms with Crippen molar-refractivity contribution in [3.05, 3.63) is 76.6 Å². The van der Waals surface area contributed by atoms with E-state index in [1.165, 1.54) is 5.56 Å². The molecule has 0 atom stereocenters. The number of aryl methyl sites for hydroxylation is 3.